The van der Waals surface area contributed by atoms with Crippen LogP contribution in [0.15, 0.2) is 30.3 Å². The molecule has 8 heteroatoms. The number of thiophene rings is 1. The first-order valence-electron chi connectivity index (χ1n) is 7.39. The summed E-state index contributed by atoms with van der Waals surface area (Å²) < 4.78 is 5.93. The summed E-state index contributed by atoms with van der Waals surface area (Å²) in [4.78, 5) is 23.0. The highest BCUT2D eigenvalue weighted by atomic mass is 32.1. The van der Waals surface area contributed by atoms with Gasteiger partial charge in [-0.15, -0.1) is 0 Å². The minimum atomic E-state index is -0.505. The monoisotopic (exact) mass is 347 g/mol. The molecule has 0 fully saturated rings. The number of carbonyl (C=O) groups excluding carboxylic acids is 1. The number of nitro groups is 1. The average Bonchev–Trinajstić information content (AvgIpc) is 2.97. The molecule has 1 aromatic heterocycles. The smallest absolute Gasteiger partial charge is 0.324 e. The molecule has 1 aliphatic heterocycles. The van der Waals surface area contributed by atoms with Crippen LogP contribution in [-0.2, 0) is 0 Å². The van der Waals surface area contributed by atoms with Crippen molar-refractivity contribution in [1.82, 2.24) is 5.32 Å². The van der Waals surface area contributed by atoms with E-state index in [0.29, 0.717) is 22.7 Å². The fourth-order valence-corrected chi connectivity index (χ4v) is 3.50. The molecule has 2 aromatic rings. The Bertz CT molecular complexity index is 815. The predicted octanol–water partition coefficient (Wildman–Crippen LogP) is 3.27. The highest BCUT2D eigenvalue weighted by molar-refractivity contribution is 7.17. The van der Waals surface area contributed by atoms with Gasteiger partial charge in [-0.3, -0.25) is 14.9 Å². The van der Waals surface area contributed by atoms with Gasteiger partial charge in [0.05, 0.1) is 15.8 Å². The van der Waals surface area contributed by atoms with Gasteiger partial charge < -0.3 is 15.8 Å². The minimum absolute atomic E-state index is 0.0582. The van der Waals surface area contributed by atoms with Crippen molar-refractivity contribution in [2.45, 2.75) is 31.9 Å². The number of fused-ring (bicyclic) bond motifs is 1. The number of ether oxygens (including phenoxy) is 1. The Hall–Kier alpha value is -2.61. The number of nitrogens with one attached hydrogen (secondary N) is 1. The summed E-state index contributed by atoms with van der Waals surface area (Å²) >= 11 is 0.855. The molecule has 1 unspecified atom stereocenters. The molecule has 0 saturated heterocycles. The van der Waals surface area contributed by atoms with Gasteiger partial charge in [-0.1, -0.05) is 11.3 Å². The molecule has 0 radical (unpaired) electrons. The van der Waals surface area contributed by atoms with Crippen LogP contribution >= 0.6 is 11.3 Å². The van der Waals surface area contributed by atoms with Gasteiger partial charge in [0.2, 0.25) is 0 Å². The maximum Gasteiger partial charge on any atom is 0.324 e. The van der Waals surface area contributed by atoms with E-state index < -0.39 is 10.5 Å². The Morgan fingerprint density at radius 3 is 2.83 bits per heavy atom. The topological polar surface area (TPSA) is 107 Å². The van der Waals surface area contributed by atoms with Gasteiger partial charge in [0.25, 0.3) is 5.91 Å². The van der Waals surface area contributed by atoms with Crippen molar-refractivity contribution in [2.24, 2.45) is 0 Å². The Kier molecular flexibility index (Phi) is 3.92. The lowest BCUT2D eigenvalue weighted by Gasteiger charge is -2.38. The summed E-state index contributed by atoms with van der Waals surface area (Å²) in [5.74, 6) is 0.340. The van der Waals surface area contributed by atoms with Crippen molar-refractivity contribution in [2.75, 3.05) is 5.73 Å². The van der Waals surface area contributed by atoms with Crippen molar-refractivity contribution in [3.05, 3.63) is 50.9 Å². The van der Waals surface area contributed by atoms with E-state index in [1.165, 1.54) is 12.1 Å². The molecule has 0 aliphatic carbocycles. The van der Waals surface area contributed by atoms with Gasteiger partial charge >= 0.3 is 5.00 Å². The van der Waals surface area contributed by atoms with E-state index in [2.05, 4.69) is 5.32 Å². The molecule has 7 nitrogen and oxygen atoms in total. The normalized spacial score (nSPS) is 18.3. The lowest BCUT2D eigenvalue weighted by Crippen LogP contribution is -2.41. The van der Waals surface area contributed by atoms with Crippen LogP contribution < -0.4 is 15.8 Å². The first-order valence-corrected chi connectivity index (χ1v) is 8.20. The van der Waals surface area contributed by atoms with Crippen molar-refractivity contribution >= 4 is 27.9 Å². The summed E-state index contributed by atoms with van der Waals surface area (Å²) in [7, 11) is 0. The summed E-state index contributed by atoms with van der Waals surface area (Å²) in [5.41, 5.74) is 6.81. The van der Waals surface area contributed by atoms with Gasteiger partial charge in [0.15, 0.2) is 0 Å². The Morgan fingerprint density at radius 2 is 2.17 bits per heavy atom. The van der Waals surface area contributed by atoms with Crippen LogP contribution in [0, 0.1) is 10.1 Å². The first kappa shape index (κ1) is 16.3. The van der Waals surface area contributed by atoms with Crippen molar-refractivity contribution < 1.29 is 14.5 Å². The largest absolute Gasteiger partial charge is 0.487 e. The van der Waals surface area contributed by atoms with Crippen molar-refractivity contribution in [3.63, 3.8) is 0 Å². The summed E-state index contributed by atoms with van der Waals surface area (Å²) in [6, 6.07) is 7.85. The lowest BCUT2D eigenvalue weighted by molar-refractivity contribution is -0.380. The highest BCUT2D eigenvalue weighted by Crippen LogP contribution is 2.40. The Labute approximate surface area is 142 Å². The van der Waals surface area contributed by atoms with Crippen LogP contribution in [0.2, 0.25) is 0 Å². The SMILES string of the molecule is CC1(C)CC(NC(=O)c2ccc([N+](=O)[O-])s2)c2cc(N)ccc2O1. The molecule has 1 aromatic carbocycles. The molecule has 0 spiro atoms. The molecule has 24 heavy (non-hydrogen) atoms. The zero-order valence-corrected chi connectivity index (χ0v) is 14.1. The second kappa shape index (κ2) is 5.79. The fraction of sp³-hybridized carbons (Fsp3) is 0.312. The van der Waals surface area contributed by atoms with Gasteiger partial charge in [0.1, 0.15) is 11.4 Å². The van der Waals surface area contributed by atoms with Crippen molar-refractivity contribution in [1.29, 1.82) is 0 Å². The molecule has 126 valence electrons. The number of amides is 1. The van der Waals surface area contributed by atoms with Crippen LogP contribution in [0.25, 0.3) is 0 Å². The van der Waals surface area contributed by atoms with E-state index in [9.17, 15) is 14.9 Å². The van der Waals surface area contributed by atoms with Gasteiger partial charge in [-0.25, -0.2) is 0 Å². The molecule has 3 rings (SSSR count). The first-order chi connectivity index (χ1) is 11.2. The lowest BCUT2D eigenvalue weighted by atomic mass is 9.89. The van der Waals surface area contributed by atoms with E-state index in [-0.39, 0.29) is 17.0 Å². The third-order valence-corrected chi connectivity index (χ3v) is 4.83. The second-order valence-corrected chi connectivity index (χ2v) is 7.35. The molecular formula is C16H17N3O4S. The second-order valence-electron chi connectivity index (χ2n) is 6.28. The number of nitrogen functional groups attached to an aromatic ring is 1. The van der Waals surface area contributed by atoms with E-state index in [0.717, 1.165) is 16.9 Å². The fourth-order valence-electron chi connectivity index (χ4n) is 2.78. The van der Waals surface area contributed by atoms with Gasteiger partial charge in [-0.2, -0.15) is 0 Å². The standard InChI is InChI=1S/C16H17N3O4S/c1-16(2)8-11(10-7-9(17)3-4-12(10)23-16)18-15(20)13-5-6-14(24-13)19(21)22/h3-7,11H,8,17H2,1-2H3,(H,18,20). The van der Waals surface area contributed by atoms with Crippen LogP contribution in [0.4, 0.5) is 10.7 Å². The number of hydrogen-bond acceptors (Lipinski definition) is 6. The highest BCUT2D eigenvalue weighted by Gasteiger charge is 2.35. The Morgan fingerprint density at radius 1 is 1.42 bits per heavy atom. The molecular weight excluding hydrogens is 330 g/mol. The number of benzene rings is 1. The molecule has 1 amide bonds. The molecule has 2 heterocycles. The average molecular weight is 347 g/mol. The maximum absolute atomic E-state index is 12.5. The molecule has 1 atom stereocenters. The van der Waals surface area contributed by atoms with Crippen LogP contribution in [0.5, 0.6) is 5.75 Å². The van der Waals surface area contributed by atoms with E-state index in [1.54, 1.807) is 18.2 Å². The summed E-state index contributed by atoms with van der Waals surface area (Å²) in [6.45, 7) is 3.89. The van der Waals surface area contributed by atoms with Crippen molar-refractivity contribution in [3.8, 4) is 5.75 Å². The maximum atomic E-state index is 12.5. The molecule has 3 N–H and O–H groups in total. The predicted molar refractivity (Wildman–Crippen MR) is 91.4 cm³/mol. The third kappa shape index (κ3) is 3.18. The number of nitrogens with two attached hydrogens (primary N) is 1. The third-order valence-electron chi connectivity index (χ3n) is 3.79. The van der Waals surface area contributed by atoms with E-state index in [1.807, 2.05) is 13.8 Å². The summed E-state index contributed by atoms with van der Waals surface area (Å²) in [5, 5.41) is 13.6. The van der Waals surface area contributed by atoms with Gasteiger partial charge in [-0.05, 0) is 38.1 Å². The number of rotatable bonds is 3. The van der Waals surface area contributed by atoms with Crippen LogP contribution in [-0.4, -0.2) is 16.4 Å². The number of carbonyl (C=O) groups is 1. The van der Waals surface area contributed by atoms with Crippen LogP contribution in [0.1, 0.15) is 41.5 Å². The molecule has 1 aliphatic rings. The zero-order chi connectivity index (χ0) is 17.5. The number of anilines is 1. The minimum Gasteiger partial charge on any atom is -0.487 e. The van der Waals surface area contributed by atoms with Crippen LogP contribution in [0.3, 0.4) is 0 Å². The van der Waals surface area contributed by atoms with E-state index >= 15 is 0 Å². The van der Waals surface area contributed by atoms with Gasteiger partial charge in [0, 0.05) is 23.7 Å². The summed E-state index contributed by atoms with van der Waals surface area (Å²) in [6.07, 6.45) is 0.572. The Balaban J connectivity index is 1.87. The number of nitrogens with zero attached hydrogens (tertiary/aromatic N) is 1. The zero-order valence-electron chi connectivity index (χ0n) is 13.2. The molecule has 0 bridgehead atoms. The molecule has 0 saturated carbocycles. The van der Waals surface area contributed by atoms with E-state index in [4.69, 9.17) is 10.5 Å². The quantitative estimate of drug-likeness (QED) is 0.503. The number of hydrogen-bond donors (Lipinski definition) is 2.